The summed E-state index contributed by atoms with van der Waals surface area (Å²) in [5, 5.41) is 18.0. The Bertz CT molecular complexity index is 2750. The lowest BCUT2D eigenvalue weighted by molar-refractivity contribution is -0.178. The Kier molecular flexibility index (Phi) is 11.2. The minimum Gasteiger partial charge on any atom is -0.491 e. The van der Waals surface area contributed by atoms with Gasteiger partial charge in [0, 0.05) is 12.7 Å². The Morgan fingerprint density at radius 3 is 2.27 bits per heavy atom. The topological polar surface area (TPSA) is 189 Å². The number of carbonyl (C=O) groups excluding carboxylic acids is 4. The number of aliphatic hydroxyl groups is 1. The molecule has 3 N–H and O–H groups in total. The number of esters is 1. The first-order valence-electron chi connectivity index (χ1n) is 20.4. The molecule has 0 unspecified atom stereocenters. The van der Waals surface area contributed by atoms with Crippen molar-refractivity contribution in [3.05, 3.63) is 155 Å². The number of ether oxygens (including phenoxy) is 4. The van der Waals surface area contributed by atoms with Crippen molar-refractivity contribution in [2.45, 2.75) is 36.2 Å². The summed E-state index contributed by atoms with van der Waals surface area (Å²) in [6.45, 7) is -0.116. The molecular formula is C48H42N6O9. The molecule has 3 amide bonds. The molecule has 63 heavy (non-hydrogen) atoms. The maximum atomic E-state index is 15.9. The van der Waals surface area contributed by atoms with Crippen LogP contribution in [0.3, 0.4) is 0 Å². The second-order valence-corrected chi connectivity index (χ2v) is 15.3. The Morgan fingerprint density at radius 1 is 0.841 bits per heavy atom. The average Bonchev–Trinajstić information content (AvgIpc) is 3.95. The minimum absolute atomic E-state index is 0.0360. The number of para-hydroxylation sites is 1. The molecule has 2 fully saturated rings. The van der Waals surface area contributed by atoms with Gasteiger partial charge in [-0.15, -0.1) is 5.10 Å². The SMILES string of the molecule is COCCOC(=O)N1C(=O)[C@@]2(c3cc(C#CCn4nnc5ccccc54)ccc31)[C@H](c1ccc(OCCO)cc1)N1[C@H](c3ccccc3)[C@H](c3ccccc3)OC(=O)[C@H]1[C@@H]2C(N)=O. The maximum absolute atomic E-state index is 15.9. The van der Waals surface area contributed by atoms with Crippen molar-refractivity contribution in [2.24, 2.45) is 11.7 Å². The summed E-state index contributed by atoms with van der Waals surface area (Å²) in [5.74, 6) is 2.64. The first-order chi connectivity index (χ1) is 30.8. The number of imide groups is 1. The Labute approximate surface area is 361 Å². The zero-order valence-corrected chi connectivity index (χ0v) is 34.1. The number of nitrogens with two attached hydrogens (primary N) is 1. The van der Waals surface area contributed by atoms with Crippen LogP contribution in [-0.4, -0.2) is 88.5 Å². The molecule has 0 radical (unpaired) electrons. The number of cyclic esters (lactones) is 1. The van der Waals surface area contributed by atoms with Crippen LogP contribution in [0.1, 0.15) is 46.0 Å². The van der Waals surface area contributed by atoms with Crippen molar-refractivity contribution in [3.63, 3.8) is 0 Å². The molecule has 3 aliphatic rings. The first kappa shape index (κ1) is 41.0. The lowest BCUT2D eigenvalue weighted by Gasteiger charge is -2.46. The van der Waals surface area contributed by atoms with E-state index >= 15 is 4.79 Å². The number of amides is 3. The summed E-state index contributed by atoms with van der Waals surface area (Å²) in [6, 6.07) is 34.6. The summed E-state index contributed by atoms with van der Waals surface area (Å²) < 4.78 is 24.5. The molecule has 9 rings (SSSR count). The molecular weight excluding hydrogens is 805 g/mol. The van der Waals surface area contributed by atoms with Gasteiger partial charge in [0.25, 0.3) is 0 Å². The van der Waals surface area contributed by atoms with E-state index in [0.29, 0.717) is 28.0 Å². The molecule has 4 heterocycles. The number of hydrogen-bond acceptors (Lipinski definition) is 12. The zero-order valence-electron chi connectivity index (χ0n) is 34.1. The summed E-state index contributed by atoms with van der Waals surface area (Å²) in [5.41, 5.74) is 8.68. The second kappa shape index (κ2) is 17.2. The lowest BCUT2D eigenvalue weighted by Crippen LogP contribution is -2.55. The largest absolute Gasteiger partial charge is 0.491 e. The number of rotatable bonds is 11. The van der Waals surface area contributed by atoms with Gasteiger partial charge in [0.05, 0.1) is 42.4 Å². The van der Waals surface area contributed by atoms with Crippen molar-refractivity contribution in [1.29, 1.82) is 0 Å². The van der Waals surface area contributed by atoms with E-state index in [0.717, 1.165) is 16.0 Å². The van der Waals surface area contributed by atoms with E-state index in [1.807, 2.05) is 89.8 Å². The number of benzene rings is 5. The highest BCUT2D eigenvalue weighted by Gasteiger charge is 2.75. The summed E-state index contributed by atoms with van der Waals surface area (Å²) in [7, 11) is 1.45. The van der Waals surface area contributed by atoms with E-state index in [-0.39, 0.29) is 44.2 Å². The molecule has 3 aliphatic heterocycles. The van der Waals surface area contributed by atoms with Gasteiger partial charge in [-0.1, -0.05) is 102 Å². The van der Waals surface area contributed by atoms with Crippen molar-refractivity contribution in [2.75, 3.05) is 38.4 Å². The fraction of sp³-hybridized carbons (Fsp3) is 0.250. The standard InChI is InChI=1S/C48H42N6O9/c1-60-27-28-62-47(59)53-37-23-18-30(11-10-24-52-38-17-9-8-16-36(38)50-51-52)29-35(37)48(46(53)58)39(44(49)56)41-45(57)63-42(32-14-6-3-7-15-32)40(31-12-4-2-5-13-31)54(41)43(48)33-19-21-34(22-20-33)61-26-25-55/h2-9,12-23,29,39-43,55H,24-28H2,1H3,(H2,49,56)/t39-,40-,41-,42+,43+,48-/m1/s1. The van der Waals surface area contributed by atoms with Crippen molar-refractivity contribution >= 4 is 40.6 Å². The van der Waals surface area contributed by atoms with Gasteiger partial charge in [0.2, 0.25) is 11.8 Å². The van der Waals surface area contributed by atoms with Gasteiger partial charge in [-0.3, -0.25) is 19.3 Å². The molecule has 15 heteroatoms. The first-order valence-corrected chi connectivity index (χ1v) is 20.4. The van der Waals surface area contributed by atoms with Crippen LogP contribution in [0.25, 0.3) is 11.0 Å². The summed E-state index contributed by atoms with van der Waals surface area (Å²) >= 11 is 0. The van der Waals surface area contributed by atoms with Gasteiger partial charge >= 0.3 is 12.1 Å². The number of carbonyl (C=O) groups is 4. The van der Waals surface area contributed by atoms with E-state index in [2.05, 4.69) is 22.2 Å². The quantitative estimate of drug-likeness (QED) is 0.103. The number of methoxy groups -OCH3 is 1. The third-order valence-corrected chi connectivity index (χ3v) is 11.9. The van der Waals surface area contributed by atoms with Crippen LogP contribution in [0, 0.1) is 17.8 Å². The van der Waals surface area contributed by atoms with E-state index in [9.17, 15) is 19.5 Å². The van der Waals surface area contributed by atoms with Crippen LogP contribution in [-0.2, 0) is 40.6 Å². The highest BCUT2D eigenvalue weighted by atomic mass is 16.6. The molecule has 2 saturated heterocycles. The summed E-state index contributed by atoms with van der Waals surface area (Å²) in [4.78, 5) is 62.2. The normalized spacial score (nSPS) is 22.6. The van der Waals surface area contributed by atoms with Crippen LogP contribution in [0.15, 0.2) is 127 Å². The van der Waals surface area contributed by atoms with Crippen molar-refractivity contribution < 1.29 is 43.2 Å². The van der Waals surface area contributed by atoms with E-state index in [1.54, 1.807) is 47.1 Å². The van der Waals surface area contributed by atoms with Crippen LogP contribution < -0.4 is 15.4 Å². The third-order valence-electron chi connectivity index (χ3n) is 11.9. The highest BCUT2D eigenvalue weighted by molar-refractivity contribution is 6.23. The number of hydrogen-bond donors (Lipinski definition) is 2. The van der Waals surface area contributed by atoms with Crippen LogP contribution in [0.4, 0.5) is 10.5 Å². The number of fused-ring (bicyclic) bond motifs is 4. The molecule has 318 valence electrons. The molecule has 1 spiro atoms. The molecule has 5 aromatic carbocycles. The van der Waals surface area contributed by atoms with Crippen LogP contribution in [0.5, 0.6) is 5.75 Å². The number of morpholine rings is 1. The summed E-state index contributed by atoms with van der Waals surface area (Å²) in [6.07, 6.45) is -1.91. The van der Waals surface area contributed by atoms with Crippen molar-refractivity contribution in [3.8, 4) is 17.6 Å². The third kappa shape index (κ3) is 7.04. The minimum atomic E-state index is -2.04. The Balaban J connectivity index is 1.29. The molecule has 0 aliphatic carbocycles. The van der Waals surface area contributed by atoms with Gasteiger partial charge < -0.3 is 29.8 Å². The fourth-order valence-corrected chi connectivity index (χ4v) is 9.43. The lowest BCUT2D eigenvalue weighted by atomic mass is 9.65. The maximum Gasteiger partial charge on any atom is 0.421 e. The van der Waals surface area contributed by atoms with Crippen molar-refractivity contribution in [1.82, 2.24) is 19.9 Å². The zero-order chi connectivity index (χ0) is 43.7. The number of aliphatic hydroxyl groups excluding tert-OH is 1. The number of anilines is 1. The smallest absolute Gasteiger partial charge is 0.421 e. The number of nitrogens with zero attached hydrogens (tertiary/aromatic N) is 5. The predicted octanol–water partition coefficient (Wildman–Crippen LogP) is 4.79. The van der Waals surface area contributed by atoms with Crippen LogP contribution in [0.2, 0.25) is 0 Å². The molecule has 6 aromatic rings. The van der Waals surface area contributed by atoms with E-state index in [1.165, 1.54) is 7.11 Å². The second-order valence-electron chi connectivity index (χ2n) is 15.3. The molecule has 1 aromatic heterocycles. The van der Waals surface area contributed by atoms with E-state index < -0.39 is 59.4 Å². The highest BCUT2D eigenvalue weighted by Crippen LogP contribution is 2.65. The van der Waals surface area contributed by atoms with Gasteiger partial charge in [0.15, 0.2) is 0 Å². The number of primary amides is 1. The predicted molar refractivity (Wildman–Crippen MR) is 228 cm³/mol. The van der Waals surface area contributed by atoms with E-state index in [4.69, 9.17) is 24.7 Å². The van der Waals surface area contributed by atoms with Gasteiger partial charge in [0.1, 0.15) is 48.6 Å². The Hall–Kier alpha value is -7.38. The molecule has 6 atom stereocenters. The number of aromatic nitrogens is 3. The molecule has 0 bridgehead atoms. The fourth-order valence-electron chi connectivity index (χ4n) is 9.43. The molecule has 0 saturated carbocycles. The Morgan fingerprint density at radius 2 is 1.56 bits per heavy atom. The van der Waals surface area contributed by atoms with Gasteiger partial charge in [-0.05, 0) is 64.7 Å². The van der Waals surface area contributed by atoms with Gasteiger partial charge in [-0.25, -0.2) is 14.4 Å². The average molecular weight is 847 g/mol. The monoisotopic (exact) mass is 846 g/mol. The van der Waals surface area contributed by atoms with Crippen LogP contribution >= 0.6 is 0 Å². The van der Waals surface area contributed by atoms with Gasteiger partial charge in [-0.2, -0.15) is 0 Å². The molecule has 15 nitrogen and oxygen atoms in total.